The number of nitrogens with zero attached hydrogens (tertiary/aromatic N) is 4. The average molecular weight is 623 g/mol. The van der Waals surface area contributed by atoms with Crippen molar-refractivity contribution in [2.24, 2.45) is 0 Å². The van der Waals surface area contributed by atoms with E-state index < -0.39 is 0 Å². The van der Waals surface area contributed by atoms with Crippen LogP contribution >= 0.6 is 0 Å². The van der Waals surface area contributed by atoms with Gasteiger partial charge in [0, 0.05) is 59.4 Å². The average Bonchev–Trinajstić information content (AvgIpc) is 3.87. The molecule has 0 saturated heterocycles. The second kappa shape index (κ2) is 8.22. The van der Waals surface area contributed by atoms with Crippen molar-refractivity contribution in [3.05, 3.63) is 133 Å². The van der Waals surface area contributed by atoms with Gasteiger partial charge in [-0.1, -0.05) is 103 Å². The van der Waals surface area contributed by atoms with Gasteiger partial charge in [0.25, 0.3) is 0 Å². The van der Waals surface area contributed by atoms with Crippen molar-refractivity contribution in [1.29, 1.82) is 0 Å². The fraction of sp³-hybridized carbons (Fsp3) is 0. The van der Waals surface area contributed by atoms with E-state index in [1.807, 2.05) is 12.1 Å². The van der Waals surface area contributed by atoms with Gasteiger partial charge in [-0.2, -0.15) is 0 Å². The van der Waals surface area contributed by atoms with E-state index in [0.29, 0.717) is 5.95 Å². The van der Waals surface area contributed by atoms with E-state index in [1.54, 1.807) is 0 Å². The molecule has 6 aromatic heterocycles. The molecule has 13 aromatic rings. The van der Waals surface area contributed by atoms with Gasteiger partial charge in [-0.25, -0.2) is 9.97 Å². The number of benzene rings is 7. The molecule has 7 aromatic carbocycles. The standard InChI is InChI=1S/C44H22N4O/c1-3-18-33-31(10-1)39(32-17-7-16-30-23-9-2-4-20-36(23)49-43(30)32)46-44(45-33)47-34-19-8-11-24-25-12-5-13-26-27-14-6-15-28-29-21-22-35(47)38(37(24)34)42(29)48(40(25)26)41(27)28/h1-22H. The van der Waals surface area contributed by atoms with Gasteiger partial charge in [0.05, 0.1) is 38.8 Å². The Balaban J connectivity index is 1.22. The monoisotopic (exact) mass is 622 g/mol. The van der Waals surface area contributed by atoms with Gasteiger partial charge in [-0.05, 0) is 35.7 Å². The minimum atomic E-state index is 0.645. The Morgan fingerprint density at radius 2 is 1.04 bits per heavy atom. The van der Waals surface area contributed by atoms with Gasteiger partial charge in [0.15, 0.2) is 0 Å². The van der Waals surface area contributed by atoms with Crippen LogP contribution in [0.4, 0.5) is 0 Å². The van der Waals surface area contributed by atoms with Crippen molar-refractivity contribution in [3.63, 3.8) is 0 Å². The summed E-state index contributed by atoms with van der Waals surface area (Å²) < 4.78 is 11.3. The number of hydrogen-bond acceptors (Lipinski definition) is 3. The number of hydrogen-bond donors (Lipinski definition) is 0. The zero-order valence-electron chi connectivity index (χ0n) is 25.9. The maximum Gasteiger partial charge on any atom is 0.235 e. The van der Waals surface area contributed by atoms with Crippen molar-refractivity contribution in [1.82, 2.24) is 18.9 Å². The molecule has 0 spiro atoms. The highest BCUT2D eigenvalue weighted by Gasteiger charge is 2.27. The minimum absolute atomic E-state index is 0.645. The number of aromatic nitrogens is 4. The first kappa shape index (κ1) is 24.5. The lowest BCUT2D eigenvalue weighted by Gasteiger charge is -2.12. The normalized spacial score (nSPS) is 12.9. The van der Waals surface area contributed by atoms with Crippen LogP contribution < -0.4 is 0 Å². The molecule has 0 aliphatic carbocycles. The lowest BCUT2D eigenvalue weighted by Crippen LogP contribution is -2.03. The predicted octanol–water partition coefficient (Wildman–Crippen LogP) is 11.5. The zero-order chi connectivity index (χ0) is 31.5. The highest BCUT2D eigenvalue weighted by Crippen LogP contribution is 2.49. The van der Waals surface area contributed by atoms with E-state index in [9.17, 15) is 0 Å². The third kappa shape index (κ3) is 2.75. The van der Waals surface area contributed by atoms with Crippen LogP contribution in [-0.4, -0.2) is 18.9 Å². The maximum atomic E-state index is 6.54. The van der Waals surface area contributed by atoms with E-state index in [-0.39, 0.29) is 0 Å². The molecule has 0 unspecified atom stereocenters. The summed E-state index contributed by atoms with van der Waals surface area (Å²) in [5.41, 5.74) is 10.4. The molecular weight excluding hydrogens is 601 g/mol. The van der Waals surface area contributed by atoms with E-state index in [0.717, 1.165) is 55.1 Å². The molecule has 13 rings (SSSR count). The lowest BCUT2D eigenvalue weighted by molar-refractivity contribution is 0.670. The molecule has 224 valence electrons. The van der Waals surface area contributed by atoms with Crippen LogP contribution in [0, 0.1) is 0 Å². The summed E-state index contributed by atoms with van der Waals surface area (Å²) >= 11 is 0. The SMILES string of the molecule is c1ccc2c(-c3cccc4c3oc3ccccc34)nc(-n3c4cccc5c6cccc7c8cccc9c%10ccc3c(c54)c%10n(c67)c89)nc2c1. The van der Waals surface area contributed by atoms with Gasteiger partial charge < -0.3 is 8.82 Å². The Kier molecular flexibility index (Phi) is 4.10. The molecule has 0 N–H and O–H groups in total. The molecule has 0 aliphatic heterocycles. The Labute approximate surface area is 276 Å². The number of para-hydroxylation sites is 5. The van der Waals surface area contributed by atoms with Crippen LogP contribution in [0.5, 0.6) is 0 Å². The van der Waals surface area contributed by atoms with Crippen molar-refractivity contribution < 1.29 is 4.42 Å². The smallest absolute Gasteiger partial charge is 0.235 e. The largest absolute Gasteiger partial charge is 0.455 e. The molecule has 5 heteroatoms. The number of furan rings is 1. The molecule has 0 radical (unpaired) electrons. The lowest BCUT2D eigenvalue weighted by atomic mass is 10.0. The Morgan fingerprint density at radius 3 is 1.88 bits per heavy atom. The maximum absolute atomic E-state index is 6.54. The highest BCUT2D eigenvalue weighted by molar-refractivity contribution is 6.37. The van der Waals surface area contributed by atoms with Gasteiger partial charge >= 0.3 is 0 Å². The summed E-state index contributed by atoms with van der Waals surface area (Å²) in [7, 11) is 0. The fourth-order valence-electron chi connectivity index (χ4n) is 9.10. The van der Waals surface area contributed by atoms with Crippen molar-refractivity contribution >= 4 is 104 Å². The van der Waals surface area contributed by atoms with E-state index >= 15 is 0 Å². The summed E-state index contributed by atoms with van der Waals surface area (Å²) in [5.74, 6) is 0.645. The molecule has 0 aliphatic rings. The first-order chi connectivity index (χ1) is 24.3. The minimum Gasteiger partial charge on any atom is -0.455 e. The first-order valence-corrected chi connectivity index (χ1v) is 16.7. The molecule has 0 saturated carbocycles. The zero-order valence-corrected chi connectivity index (χ0v) is 25.9. The second-order valence-corrected chi connectivity index (χ2v) is 13.3. The van der Waals surface area contributed by atoms with Crippen LogP contribution in [0.1, 0.15) is 0 Å². The van der Waals surface area contributed by atoms with Gasteiger partial charge in [-0.15, -0.1) is 0 Å². The van der Waals surface area contributed by atoms with E-state index in [2.05, 4.69) is 130 Å². The summed E-state index contributed by atoms with van der Waals surface area (Å²) in [6, 6.07) is 47.7. The Morgan fingerprint density at radius 1 is 0.429 bits per heavy atom. The van der Waals surface area contributed by atoms with Gasteiger partial charge in [0.2, 0.25) is 5.95 Å². The topological polar surface area (TPSA) is 48.3 Å². The first-order valence-electron chi connectivity index (χ1n) is 16.7. The third-order valence-corrected chi connectivity index (χ3v) is 11.0. The molecular formula is C44H22N4O. The van der Waals surface area contributed by atoms with E-state index in [4.69, 9.17) is 14.4 Å². The highest BCUT2D eigenvalue weighted by atomic mass is 16.3. The molecule has 0 fully saturated rings. The summed E-state index contributed by atoms with van der Waals surface area (Å²) in [6.07, 6.45) is 0. The van der Waals surface area contributed by atoms with E-state index in [1.165, 1.54) is 59.6 Å². The van der Waals surface area contributed by atoms with Crippen molar-refractivity contribution in [3.8, 4) is 17.2 Å². The van der Waals surface area contributed by atoms with Gasteiger partial charge in [0.1, 0.15) is 11.2 Å². The van der Waals surface area contributed by atoms with Crippen LogP contribution in [0.25, 0.3) is 121 Å². The molecule has 49 heavy (non-hydrogen) atoms. The van der Waals surface area contributed by atoms with Crippen LogP contribution in [0.2, 0.25) is 0 Å². The fourth-order valence-corrected chi connectivity index (χ4v) is 9.10. The molecule has 0 amide bonds. The third-order valence-electron chi connectivity index (χ3n) is 11.0. The quantitative estimate of drug-likeness (QED) is 0.193. The molecule has 5 nitrogen and oxygen atoms in total. The second-order valence-electron chi connectivity index (χ2n) is 13.3. The Bertz CT molecular complexity index is 3510. The summed E-state index contributed by atoms with van der Waals surface area (Å²) in [5, 5.41) is 13.3. The van der Waals surface area contributed by atoms with Crippen molar-refractivity contribution in [2.75, 3.05) is 0 Å². The van der Waals surface area contributed by atoms with Crippen LogP contribution in [0.3, 0.4) is 0 Å². The summed E-state index contributed by atoms with van der Waals surface area (Å²) in [6.45, 7) is 0. The molecule has 0 atom stereocenters. The number of rotatable bonds is 2. The molecule has 0 bridgehead atoms. The van der Waals surface area contributed by atoms with Gasteiger partial charge in [-0.3, -0.25) is 4.57 Å². The Hall–Kier alpha value is -6.72. The van der Waals surface area contributed by atoms with Crippen LogP contribution in [-0.2, 0) is 0 Å². The molecule has 6 heterocycles. The van der Waals surface area contributed by atoms with Crippen molar-refractivity contribution in [2.45, 2.75) is 0 Å². The van der Waals surface area contributed by atoms with Crippen LogP contribution in [0.15, 0.2) is 138 Å². The number of fused-ring (bicyclic) bond motifs is 7. The summed E-state index contributed by atoms with van der Waals surface area (Å²) in [4.78, 5) is 10.8. The predicted molar refractivity (Wildman–Crippen MR) is 201 cm³/mol.